The van der Waals surface area contributed by atoms with Crippen LogP contribution in [0.5, 0.6) is 11.5 Å². The van der Waals surface area contributed by atoms with Gasteiger partial charge in [0, 0.05) is 12.6 Å². The van der Waals surface area contributed by atoms with Gasteiger partial charge in [0.25, 0.3) is 0 Å². The number of benzene rings is 1. The van der Waals surface area contributed by atoms with Gasteiger partial charge in [-0.1, -0.05) is 25.3 Å². The standard InChI is InChI=1S/C17H24N2O2/c1-20-16-9-8-13(10-17(16)21-2)12-19-15-7-5-3-4-6-14(15)11-18/h8-10,14-15,19H,3-7,12H2,1-2H3. The van der Waals surface area contributed by atoms with Gasteiger partial charge in [0.1, 0.15) is 0 Å². The van der Waals surface area contributed by atoms with E-state index in [2.05, 4.69) is 11.4 Å². The molecule has 0 heterocycles. The maximum Gasteiger partial charge on any atom is 0.161 e. The van der Waals surface area contributed by atoms with Gasteiger partial charge in [-0.25, -0.2) is 0 Å². The Morgan fingerprint density at radius 3 is 2.62 bits per heavy atom. The summed E-state index contributed by atoms with van der Waals surface area (Å²) in [6.45, 7) is 0.753. The third-order valence-electron chi connectivity index (χ3n) is 4.20. The lowest BCUT2D eigenvalue weighted by Gasteiger charge is -2.21. The first-order valence-electron chi connectivity index (χ1n) is 7.62. The average molecular weight is 288 g/mol. The molecule has 21 heavy (non-hydrogen) atoms. The predicted molar refractivity (Wildman–Crippen MR) is 82.4 cm³/mol. The molecule has 1 saturated carbocycles. The third kappa shape index (κ3) is 4.12. The van der Waals surface area contributed by atoms with Crippen molar-refractivity contribution < 1.29 is 9.47 Å². The van der Waals surface area contributed by atoms with Gasteiger partial charge in [0.15, 0.2) is 11.5 Å². The monoisotopic (exact) mass is 288 g/mol. The van der Waals surface area contributed by atoms with E-state index in [9.17, 15) is 5.26 Å². The van der Waals surface area contributed by atoms with Crippen LogP contribution < -0.4 is 14.8 Å². The van der Waals surface area contributed by atoms with Gasteiger partial charge in [-0.15, -0.1) is 0 Å². The van der Waals surface area contributed by atoms with Crippen molar-refractivity contribution in [2.45, 2.75) is 44.7 Å². The van der Waals surface area contributed by atoms with E-state index < -0.39 is 0 Å². The minimum atomic E-state index is 0.132. The highest BCUT2D eigenvalue weighted by Gasteiger charge is 2.22. The predicted octanol–water partition coefficient (Wildman–Crippen LogP) is 3.27. The largest absolute Gasteiger partial charge is 0.493 e. The summed E-state index contributed by atoms with van der Waals surface area (Å²) in [4.78, 5) is 0. The second-order valence-corrected chi connectivity index (χ2v) is 5.55. The van der Waals surface area contributed by atoms with Gasteiger partial charge in [-0.05, 0) is 30.5 Å². The van der Waals surface area contributed by atoms with Crippen molar-refractivity contribution in [1.29, 1.82) is 5.26 Å². The Morgan fingerprint density at radius 2 is 1.90 bits per heavy atom. The van der Waals surface area contributed by atoms with E-state index in [1.807, 2.05) is 18.2 Å². The van der Waals surface area contributed by atoms with Crippen molar-refractivity contribution in [2.24, 2.45) is 5.92 Å². The molecule has 0 spiro atoms. The van der Waals surface area contributed by atoms with Gasteiger partial charge in [-0.3, -0.25) is 0 Å². The summed E-state index contributed by atoms with van der Waals surface area (Å²) in [5.74, 6) is 1.62. The lowest BCUT2D eigenvalue weighted by atomic mass is 9.96. The Kier molecular flexibility index (Phi) is 5.89. The Hall–Kier alpha value is -1.73. The molecule has 0 bridgehead atoms. The van der Waals surface area contributed by atoms with Crippen molar-refractivity contribution >= 4 is 0 Å². The van der Waals surface area contributed by atoms with Crippen molar-refractivity contribution in [3.8, 4) is 17.6 Å². The Bertz CT molecular complexity index is 496. The molecule has 4 nitrogen and oxygen atoms in total. The number of hydrogen-bond donors (Lipinski definition) is 1. The molecule has 0 radical (unpaired) electrons. The second kappa shape index (κ2) is 7.90. The smallest absolute Gasteiger partial charge is 0.161 e. The first-order chi connectivity index (χ1) is 10.3. The van der Waals surface area contributed by atoms with Crippen LogP contribution in [0.3, 0.4) is 0 Å². The van der Waals surface area contributed by atoms with Crippen LogP contribution in [0, 0.1) is 17.2 Å². The highest BCUT2D eigenvalue weighted by molar-refractivity contribution is 5.42. The average Bonchev–Trinajstić information content (AvgIpc) is 2.77. The van der Waals surface area contributed by atoms with E-state index in [0.29, 0.717) is 6.04 Å². The zero-order chi connectivity index (χ0) is 15.1. The summed E-state index contributed by atoms with van der Waals surface area (Å²) >= 11 is 0. The minimum Gasteiger partial charge on any atom is -0.493 e. The van der Waals surface area contributed by atoms with Crippen LogP contribution in [-0.2, 0) is 6.54 Å². The number of ether oxygens (including phenoxy) is 2. The molecule has 2 rings (SSSR count). The zero-order valence-corrected chi connectivity index (χ0v) is 12.9. The fraction of sp³-hybridized carbons (Fsp3) is 0.588. The highest BCUT2D eigenvalue weighted by atomic mass is 16.5. The molecule has 1 aliphatic rings. The summed E-state index contributed by atoms with van der Waals surface area (Å²) in [6.07, 6.45) is 5.73. The lowest BCUT2D eigenvalue weighted by molar-refractivity contribution is 0.353. The number of nitriles is 1. The summed E-state index contributed by atoms with van der Waals surface area (Å²) in [7, 11) is 3.28. The first-order valence-corrected chi connectivity index (χ1v) is 7.62. The molecule has 0 aliphatic heterocycles. The maximum atomic E-state index is 9.31. The van der Waals surface area contributed by atoms with Crippen LogP contribution in [0.1, 0.15) is 37.7 Å². The van der Waals surface area contributed by atoms with Crippen LogP contribution in [0.25, 0.3) is 0 Å². The Balaban J connectivity index is 2.00. The van der Waals surface area contributed by atoms with E-state index in [1.165, 1.54) is 19.3 Å². The summed E-state index contributed by atoms with van der Waals surface area (Å²) in [5.41, 5.74) is 1.15. The van der Waals surface area contributed by atoms with Gasteiger partial charge in [0.2, 0.25) is 0 Å². The van der Waals surface area contributed by atoms with Crippen LogP contribution >= 0.6 is 0 Å². The van der Waals surface area contributed by atoms with Crippen molar-refractivity contribution in [3.63, 3.8) is 0 Å². The number of nitrogens with zero attached hydrogens (tertiary/aromatic N) is 1. The summed E-state index contributed by atoms with van der Waals surface area (Å²) in [6, 6.07) is 8.71. The number of hydrogen-bond acceptors (Lipinski definition) is 4. The maximum absolute atomic E-state index is 9.31. The second-order valence-electron chi connectivity index (χ2n) is 5.55. The molecular weight excluding hydrogens is 264 g/mol. The molecule has 0 amide bonds. The minimum absolute atomic E-state index is 0.132. The molecule has 1 aliphatic carbocycles. The summed E-state index contributed by atoms with van der Waals surface area (Å²) in [5, 5.41) is 12.9. The number of nitrogens with one attached hydrogen (secondary N) is 1. The topological polar surface area (TPSA) is 54.3 Å². The fourth-order valence-corrected chi connectivity index (χ4v) is 2.95. The lowest BCUT2D eigenvalue weighted by Crippen LogP contribution is -2.34. The van der Waals surface area contributed by atoms with E-state index >= 15 is 0 Å². The molecule has 1 aromatic rings. The van der Waals surface area contributed by atoms with Crippen LogP contribution in [0.15, 0.2) is 18.2 Å². The highest BCUT2D eigenvalue weighted by Crippen LogP contribution is 2.28. The van der Waals surface area contributed by atoms with E-state index in [1.54, 1.807) is 14.2 Å². The van der Waals surface area contributed by atoms with E-state index in [0.717, 1.165) is 36.4 Å². The number of rotatable bonds is 5. The zero-order valence-electron chi connectivity index (χ0n) is 12.9. The molecule has 2 unspecified atom stereocenters. The first kappa shape index (κ1) is 15.7. The van der Waals surface area contributed by atoms with Gasteiger partial charge >= 0.3 is 0 Å². The van der Waals surface area contributed by atoms with E-state index in [-0.39, 0.29) is 5.92 Å². The van der Waals surface area contributed by atoms with Crippen LogP contribution in [0.2, 0.25) is 0 Å². The van der Waals surface area contributed by atoms with Crippen LogP contribution in [-0.4, -0.2) is 20.3 Å². The van der Waals surface area contributed by atoms with E-state index in [4.69, 9.17) is 9.47 Å². The number of methoxy groups -OCH3 is 2. The van der Waals surface area contributed by atoms with Gasteiger partial charge < -0.3 is 14.8 Å². The van der Waals surface area contributed by atoms with Gasteiger partial charge in [-0.2, -0.15) is 5.26 Å². The molecular formula is C17H24N2O2. The molecule has 0 saturated heterocycles. The molecule has 4 heteroatoms. The molecule has 1 N–H and O–H groups in total. The molecule has 114 valence electrons. The molecule has 1 fully saturated rings. The third-order valence-corrected chi connectivity index (χ3v) is 4.20. The van der Waals surface area contributed by atoms with Crippen molar-refractivity contribution in [3.05, 3.63) is 23.8 Å². The van der Waals surface area contributed by atoms with Crippen molar-refractivity contribution in [1.82, 2.24) is 5.32 Å². The quantitative estimate of drug-likeness (QED) is 0.845. The Morgan fingerprint density at radius 1 is 1.14 bits per heavy atom. The van der Waals surface area contributed by atoms with Crippen molar-refractivity contribution in [2.75, 3.05) is 14.2 Å². The van der Waals surface area contributed by atoms with Gasteiger partial charge in [0.05, 0.1) is 26.2 Å². The SMILES string of the molecule is COc1ccc(CNC2CCCCCC2C#N)cc1OC. The molecule has 2 atom stereocenters. The molecule has 1 aromatic carbocycles. The normalized spacial score (nSPS) is 22.1. The summed E-state index contributed by atoms with van der Waals surface area (Å²) < 4.78 is 10.6. The fourth-order valence-electron chi connectivity index (χ4n) is 2.95. The molecule has 0 aromatic heterocycles. The van der Waals surface area contributed by atoms with Crippen LogP contribution in [0.4, 0.5) is 0 Å². The Labute approximate surface area is 127 Å².